The number of likely N-dealkylation sites (tertiary alicyclic amines) is 1. The van der Waals surface area contributed by atoms with Gasteiger partial charge in [0.15, 0.2) is 5.96 Å². The zero-order valence-corrected chi connectivity index (χ0v) is 17.2. The number of guanidine groups is 1. The summed E-state index contributed by atoms with van der Waals surface area (Å²) in [5, 5.41) is 4.69. The average molecular weight is 450 g/mol. The quantitative estimate of drug-likeness (QED) is 0.433. The Morgan fingerprint density at radius 1 is 1.24 bits per heavy atom. The van der Waals surface area contributed by atoms with Gasteiger partial charge >= 0.3 is 0 Å². The summed E-state index contributed by atoms with van der Waals surface area (Å²) >= 11 is 0. The number of aliphatic imine (C=N–C) groups is 1. The van der Waals surface area contributed by atoms with E-state index in [1.54, 1.807) is 0 Å². The fourth-order valence-electron chi connectivity index (χ4n) is 4.08. The maximum atomic E-state index is 4.94. The van der Waals surface area contributed by atoms with Gasteiger partial charge in [0.25, 0.3) is 0 Å². The van der Waals surface area contributed by atoms with E-state index in [0.717, 1.165) is 24.6 Å². The Bertz CT molecular complexity index is 749. The Labute approximate surface area is 167 Å². The molecule has 1 saturated heterocycles. The lowest BCUT2D eigenvalue weighted by Crippen LogP contribution is -2.42. The SMILES string of the molecule is CCNC(=NCc1ccnc2ccccc12)N1CCC2(CCC2)C1.I. The number of pyridine rings is 1. The predicted octanol–water partition coefficient (Wildman–Crippen LogP) is 4.19. The minimum absolute atomic E-state index is 0. The van der Waals surface area contributed by atoms with Crippen LogP contribution >= 0.6 is 24.0 Å². The molecule has 25 heavy (non-hydrogen) atoms. The predicted molar refractivity (Wildman–Crippen MR) is 114 cm³/mol. The molecule has 2 heterocycles. The van der Waals surface area contributed by atoms with Crippen molar-refractivity contribution in [1.29, 1.82) is 0 Å². The monoisotopic (exact) mass is 450 g/mol. The lowest BCUT2D eigenvalue weighted by atomic mass is 9.68. The molecule has 5 heteroatoms. The fraction of sp³-hybridized carbons (Fsp3) is 0.500. The Balaban J connectivity index is 0.00000182. The van der Waals surface area contributed by atoms with Crippen molar-refractivity contribution in [1.82, 2.24) is 15.2 Å². The first kappa shape index (κ1) is 18.4. The highest BCUT2D eigenvalue weighted by atomic mass is 127. The molecule has 2 fully saturated rings. The summed E-state index contributed by atoms with van der Waals surface area (Å²) in [6, 6.07) is 10.4. The maximum absolute atomic E-state index is 4.94. The topological polar surface area (TPSA) is 40.5 Å². The van der Waals surface area contributed by atoms with E-state index in [1.165, 1.54) is 43.2 Å². The lowest BCUT2D eigenvalue weighted by Gasteiger charge is -2.38. The number of benzene rings is 1. The van der Waals surface area contributed by atoms with Crippen molar-refractivity contribution in [3.05, 3.63) is 42.1 Å². The van der Waals surface area contributed by atoms with E-state index in [1.807, 2.05) is 12.3 Å². The minimum atomic E-state index is 0. The van der Waals surface area contributed by atoms with Crippen LogP contribution in [0.1, 0.15) is 38.2 Å². The van der Waals surface area contributed by atoms with Crippen LogP contribution in [-0.4, -0.2) is 35.5 Å². The number of fused-ring (bicyclic) bond motifs is 1. The number of para-hydroxylation sites is 1. The molecular weight excluding hydrogens is 423 g/mol. The number of hydrogen-bond acceptors (Lipinski definition) is 2. The van der Waals surface area contributed by atoms with Gasteiger partial charge in [0, 0.05) is 31.2 Å². The van der Waals surface area contributed by atoms with Crippen LogP contribution in [0.25, 0.3) is 10.9 Å². The normalized spacial score (nSPS) is 18.9. The van der Waals surface area contributed by atoms with E-state index in [2.05, 4.69) is 46.4 Å². The molecule has 4 rings (SSSR count). The molecule has 1 spiro atoms. The molecule has 1 aliphatic heterocycles. The van der Waals surface area contributed by atoms with Crippen LogP contribution in [0.2, 0.25) is 0 Å². The first-order chi connectivity index (χ1) is 11.8. The largest absolute Gasteiger partial charge is 0.357 e. The van der Waals surface area contributed by atoms with Crippen molar-refractivity contribution < 1.29 is 0 Å². The van der Waals surface area contributed by atoms with Gasteiger partial charge in [-0.25, -0.2) is 4.99 Å². The molecule has 0 atom stereocenters. The third kappa shape index (κ3) is 3.76. The maximum Gasteiger partial charge on any atom is 0.194 e. The molecule has 1 aliphatic carbocycles. The molecule has 4 nitrogen and oxygen atoms in total. The van der Waals surface area contributed by atoms with Gasteiger partial charge in [-0.15, -0.1) is 24.0 Å². The molecule has 0 radical (unpaired) electrons. The van der Waals surface area contributed by atoms with E-state index >= 15 is 0 Å². The zero-order valence-electron chi connectivity index (χ0n) is 14.9. The number of nitrogens with one attached hydrogen (secondary N) is 1. The second kappa shape index (κ2) is 7.89. The molecule has 0 bridgehead atoms. The highest BCUT2D eigenvalue weighted by Gasteiger charge is 2.43. The smallest absolute Gasteiger partial charge is 0.194 e. The van der Waals surface area contributed by atoms with Gasteiger partial charge < -0.3 is 10.2 Å². The van der Waals surface area contributed by atoms with E-state index in [0.29, 0.717) is 12.0 Å². The van der Waals surface area contributed by atoms with Crippen LogP contribution in [0.3, 0.4) is 0 Å². The summed E-state index contributed by atoms with van der Waals surface area (Å²) in [4.78, 5) is 11.9. The second-order valence-corrected chi connectivity index (χ2v) is 7.18. The minimum Gasteiger partial charge on any atom is -0.357 e. The molecule has 1 N–H and O–H groups in total. The van der Waals surface area contributed by atoms with Crippen LogP contribution in [0, 0.1) is 5.41 Å². The van der Waals surface area contributed by atoms with Crippen LogP contribution in [0.4, 0.5) is 0 Å². The Morgan fingerprint density at radius 2 is 2.08 bits per heavy atom. The van der Waals surface area contributed by atoms with Crippen molar-refractivity contribution in [2.24, 2.45) is 10.4 Å². The third-order valence-corrected chi connectivity index (χ3v) is 5.63. The van der Waals surface area contributed by atoms with Crippen molar-refractivity contribution in [2.75, 3.05) is 19.6 Å². The van der Waals surface area contributed by atoms with Gasteiger partial charge in [-0.2, -0.15) is 0 Å². The molecule has 0 amide bonds. The summed E-state index contributed by atoms with van der Waals surface area (Å²) in [7, 11) is 0. The summed E-state index contributed by atoms with van der Waals surface area (Å²) in [6.07, 6.45) is 7.43. The van der Waals surface area contributed by atoms with E-state index in [4.69, 9.17) is 4.99 Å². The number of nitrogens with zero attached hydrogens (tertiary/aromatic N) is 3. The molecule has 2 aliphatic rings. The van der Waals surface area contributed by atoms with Crippen molar-refractivity contribution in [3.8, 4) is 0 Å². The van der Waals surface area contributed by atoms with Gasteiger partial charge in [0.05, 0.1) is 12.1 Å². The third-order valence-electron chi connectivity index (χ3n) is 5.63. The molecule has 1 saturated carbocycles. The Kier molecular flexibility index (Phi) is 5.81. The first-order valence-electron chi connectivity index (χ1n) is 9.16. The highest BCUT2D eigenvalue weighted by Crippen LogP contribution is 2.47. The highest BCUT2D eigenvalue weighted by molar-refractivity contribution is 14.0. The molecule has 0 unspecified atom stereocenters. The number of hydrogen-bond donors (Lipinski definition) is 1. The van der Waals surface area contributed by atoms with Gasteiger partial charge in [-0.1, -0.05) is 24.6 Å². The standard InChI is InChI=1S/C20H26N4.HI/c1-2-21-19(24-13-11-20(15-24)9-5-10-20)23-14-16-8-12-22-18-7-4-3-6-17(16)18;/h3-4,6-8,12H,2,5,9-11,13-15H2,1H3,(H,21,23);1H. The number of halogens is 1. The van der Waals surface area contributed by atoms with Crippen molar-refractivity contribution >= 4 is 40.8 Å². The van der Waals surface area contributed by atoms with E-state index < -0.39 is 0 Å². The molecule has 134 valence electrons. The van der Waals surface area contributed by atoms with Crippen LogP contribution < -0.4 is 5.32 Å². The van der Waals surface area contributed by atoms with E-state index in [9.17, 15) is 0 Å². The first-order valence-corrected chi connectivity index (χ1v) is 9.16. The van der Waals surface area contributed by atoms with Crippen molar-refractivity contribution in [2.45, 2.75) is 39.2 Å². The van der Waals surface area contributed by atoms with E-state index in [-0.39, 0.29) is 24.0 Å². The van der Waals surface area contributed by atoms with Crippen LogP contribution in [-0.2, 0) is 6.54 Å². The molecular formula is C20H27IN4. The van der Waals surface area contributed by atoms with Crippen molar-refractivity contribution in [3.63, 3.8) is 0 Å². The summed E-state index contributed by atoms with van der Waals surface area (Å²) < 4.78 is 0. The number of aromatic nitrogens is 1. The Morgan fingerprint density at radius 3 is 2.80 bits per heavy atom. The average Bonchev–Trinajstić information content (AvgIpc) is 3.04. The molecule has 1 aromatic heterocycles. The van der Waals surface area contributed by atoms with Gasteiger partial charge in [0.2, 0.25) is 0 Å². The lowest BCUT2D eigenvalue weighted by molar-refractivity contribution is 0.151. The van der Waals surface area contributed by atoms with Crippen LogP contribution in [0.15, 0.2) is 41.5 Å². The molecule has 2 aromatic rings. The van der Waals surface area contributed by atoms with Crippen LogP contribution in [0.5, 0.6) is 0 Å². The summed E-state index contributed by atoms with van der Waals surface area (Å²) in [5.74, 6) is 1.07. The molecule has 1 aromatic carbocycles. The summed E-state index contributed by atoms with van der Waals surface area (Å²) in [5.41, 5.74) is 2.89. The zero-order chi connectivity index (χ0) is 16.4. The van der Waals surface area contributed by atoms with Gasteiger partial charge in [-0.3, -0.25) is 4.98 Å². The van der Waals surface area contributed by atoms with Gasteiger partial charge in [0.1, 0.15) is 0 Å². The summed E-state index contributed by atoms with van der Waals surface area (Å²) in [6.45, 7) is 6.08. The second-order valence-electron chi connectivity index (χ2n) is 7.18. The van der Waals surface area contributed by atoms with Gasteiger partial charge in [-0.05, 0) is 49.3 Å². The number of rotatable bonds is 3. The Hall–Kier alpha value is -1.37. The fourth-order valence-corrected chi connectivity index (χ4v) is 4.08.